The fraction of sp³-hybridized carbons (Fsp3) is 0.286. The molecule has 19 heavy (non-hydrogen) atoms. The van der Waals surface area contributed by atoms with E-state index in [1.54, 1.807) is 6.20 Å². The molecule has 2 heterocycles. The Hall–Kier alpha value is -1.62. The summed E-state index contributed by atoms with van der Waals surface area (Å²) in [6, 6.07) is 8.46. The van der Waals surface area contributed by atoms with Crippen molar-refractivity contribution in [2.24, 2.45) is 0 Å². The van der Waals surface area contributed by atoms with Gasteiger partial charge in [-0.2, -0.15) is 4.98 Å². The SMILES string of the molecule is CNc1nccc(N2CCc3cc(Br)ccc3C2)n1. The summed E-state index contributed by atoms with van der Waals surface area (Å²) in [6.45, 7) is 1.90. The number of hydrogen-bond acceptors (Lipinski definition) is 4. The Morgan fingerprint density at radius 3 is 3.00 bits per heavy atom. The highest BCUT2D eigenvalue weighted by molar-refractivity contribution is 9.10. The maximum atomic E-state index is 4.50. The lowest BCUT2D eigenvalue weighted by Gasteiger charge is -2.30. The highest BCUT2D eigenvalue weighted by Gasteiger charge is 2.17. The van der Waals surface area contributed by atoms with E-state index < -0.39 is 0 Å². The van der Waals surface area contributed by atoms with E-state index in [1.807, 2.05) is 13.1 Å². The van der Waals surface area contributed by atoms with Gasteiger partial charge in [-0.25, -0.2) is 4.98 Å². The standard InChI is InChI=1S/C14H15BrN4/c1-16-14-17-6-4-13(18-14)19-7-5-10-8-12(15)3-2-11(10)9-19/h2-4,6,8H,5,7,9H2,1H3,(H,16,17,18). The zero-order chi connectivity index (χ0) is 13.2. The van der Waals surface area contributed by atoms with Gasteiger partial charge in [0, 0.05) is 30.8 Å². The molecule has 98 valence electrons. The number of nitrogens with zero attached hydrogens (tertiary/aromatic N) is 3. The van der Waals surface area contributed by atoms with Gasteiger partial charge in [-0.3, -0.25) is 0 Å². The highest BCUT2D eigenvalue weighted by atomic mass is 79.9. The molecule has 0 unspecified atom stereocenters. The number of halogens is 1. The van der Waals surface area contributed by atoms with Crippen molar-refractivity contribution < 1.29 is 0 Å². The maximum absolute atomic E-state index is 4.50. The van der Waals surface area contributed by atoms with Crippen LogP contribution in [0.2, 0.25) is 0 Å². The van der Waals surface area contributed by atoms with Crippen molar-refractivity contribution in [3.8, 4) is 0 Å². The quantitative estimate of drug-likeness (QED) is 0.924. The average Bonchev–Trinajstić information content (AvgIpc) is 2.46. The van der Waals surface area contributed by atoms with E-state index in [1.165, 1.54) is 11.1 Å². The van der Waals surface area contributed by atoms with E-state index in [0.717, 1.165) is 29.8 Å². The van der Waals surface area contributed by atoms with Gasteiger partial charge >= 0.3 is 0 Å². The second kappa shape index (κ2) is 5.17. The second-order valence-corrected chi connectivity index (χ2v) is 5.49. The Morgan fingerprint density at radius 2 is 2.16 bits per heavy atom. The van der Waals surface area contributed by atoms with Crippen molar-refractivity contribution >= 4 is 27.7 Å². The Bertz CT molecular complexity index is 600. The summed E-state index contributed by atoms with van der Waals surface area (Å²) in [4.78, 5) is 10.9. The van der Waals surface area contributed by atoms with Gasteiger partial charge in [0.2, 0.25) is 5.95 Å². The van der Waals surface area contributed by atoms with Crippen LogP contribution < -0.4 is 10.2 Å². The molecule has 0 saturated carbocycles. The Balaban J connectivity index is 1.86. The number of nitrogens with one attached hydrogen (secondary N) is 1. The van der Waals surface area contributed by atoms with Gasteiger partial charge in [0.15, 0.2) is 0 Å². The van der Waals surface area contributed by atoms with Crippen LogP contribution in [0.25, 0.3) is 0 Å². The first-order valence-corrected chi connectivity index (χ1v) is 7.08. The minimum atomic E-state index is 0.666. The fourth-order valence-electron chi connectivity index (χ4n) is 2.36. The van der Waals surface area contributed by atoms with Crippen molar-refractivity contribution in [3.05, 3.63) is 46.1 Å². The van der Waals surface area contributed by atoms with Gasteiger partial charge in [-0.1, -0.05) is 22.0 Å². The van der Waals surface area contributed by atoms with E-state index in [2.05, 4.69) is 54.3 Å². The van der Waals surface area contributed by atoms with E-state index >= 15 is 0 Å². The third kappa shape index (κ3) is 2.56. The van der Waals surface area contributed by atoms with Crippen LogP contribution in [-0.2, 0) is 13.0 Å². The Kier molecular flexibility index (Phi) is 3.38. The van der Waals surface area contributed by atoms with Gasteiger partial charge in [0.05, 0.1) is 0 Å². The van der Waals surface area contributed by atoms with E-state index in [4.69, 9.17) is 0 Å². The molecule has 5 heteroatoms. The molecule has 3 rings (SSSR count). The van der Waals surface area contributed by atoms with Crippen LogP contribution in [0, 0.1) is 0 Å². The predicted octanol–water partition coefficient (Wildman–Crippen LogP) is 2.84. The van der Waals surface area contributed by atoms with Crippen molar-refractivity contribution in [2.75, 3.05) is 23.8 Å². The zero-order valence-corrected chi connectivity index (χ0v) is 12.3. The highest BCUT2D eigenvalue weighted by Crippen LogP contribution is 2.25. The lowest BCUT2D eigenvalue weighted by Crippen LogP contribution is -2.31. The number of hydrogen-bond donors (Lipinski definition) is 1. The molecular formula is C14H15BrN4. The number of anilines is 2. The normalized spacial score (nSPS) is 14.1. The summed E-state index contributed by atoms with van der Waals surface area (Å²) in [7, 11) is 1.84. The van der Waals surface area contributed by atoms with Gasteiger partial charge in [-0.05, 0) is 35.7 Å². The van der Waals surface area contributed by atoms with Crippen LogP contribution in [0.15, 0.2) is 34.9 Å². The molecule has 1 aliphatic heterocycles. The molecule has 0 radical (unpaired) electrons. The first-order chi connectivity index (χ1) is 9.26. The Morgan fingerprint density at radius 1 is 1.26 bits per heavy atom. The summed E-state index contributed by atoms with van der Waals surface area (Å²) >= 11 is 3.53. The second-order valence-electron chi connectivity index (χ2n) is 4.57. The van der Waals surface area contributed by atoms with Gasteiger partial charge < -0.3 is 10.2 Å². The summed E-state index contributed by atoms with van der Waals surface area (Å²) in [5, 5.41) is 2.98. The average molecular weight is 319 g/mol. The molecule has 1 aromatic carbocycles. The number of rotatable bonds is 2. The minimum Gasteiger partial charge on any atom is -0.357 e. The Labute approximate surface area is 121 Å². The lowest BCUT2D eigenvalue weighted by atomic mass is 10.00. The topological polar surface area (TPSA) is 41.1 Å². The van der Waals surface area contributed by atoms with Crippen LogP contribution in [0.5, 0.6) is 0 Å². The number of fused-ring (bicyclic) bond motifs is 1. The summed E-state index contributed by atoms with van der Waals surface area (Å²) in [6.07, 6.45) is 2.85. The molecule has 0 fully saturated rings. The van der Waals surface area contributed by atoms with Crippen molar-refractivity contribution in [2.45, 2.75) is 13.0 Å². The monoisotopic (exact) mass is 318 g/mol. The van der Waals surface area contributed by atoms with Gasteiger partial charge in [0.1, 0.15) is 5.82 Å². The third-order valence-electron chi connectivity index (χ3n) is 3.37. The molecule has 0 aliphatic carbocycles. The van der Waals surface area contributed by atoms with Gasteiger partial charge in [-0.15, -0.1) is 0 Å². The first-order valence-electron chi connectivity index (χ1n) is 6.29. The molecule has 0 atom stereocenters. The summed E-state index contributed by atoms with van der Waals surface area (Å²) < 4.78 is 1.15. The van der Waals surface area contributed by atoms with Crippen LogP contribution in [0.4, 0.5) is 11.8 Å². The van der Waals surface area contributed by atoms with Crippen molar-refractivity contribution in [3.63, 3.8) is 0 Å². The predicted molar refractivity (Wildman–Crippen MR) is 80.5 cm³/mol. The molecule has 4 nitrogen and oxygen atoms in total. The molecule has 0 saturated heterocycles. The molecule has 0 amide bonds. The van der Waals surface area contributed by atoms with E-state index in [0.29, 0.717) is 5.95 Å². The molecule has 1 N–H and O–H groups in total. The van der Waals surface area contributed by atoms with E-state index in [9.17, 15) is 0 Å². The van der Waals surface area contributed by atoms with Crippen LogP contribution in [0.1, 0.15) is 11.1 Å². The third-order valence-corrected chi connectivity index (χ3v) is 3.86. The maximum Gasteiger partial charge on any atom is 0.224 e. The molecule has 0 spiro atoms. The smallest absolute Gasteiger partial charge is 0.224 e. The largest absolute Gasteiger partial charge is 0.357 e. The number of aromatic nitrogens is 2. The summed E-state index contributed by atoms with van der Waals surface area (Å²) in [5.74, 6) is 1.65. The van der Waals surface area contributed by atoms with Crippen LogP contribution >= 0.6 is 15.9 Å². The van der Waals surface area contributed by atoms with Crippen LogP contribution in [-0.4, -0.2) is 23.6 Å². The van der Waals surface area contributed by atoms with Gasteiger partial charge in [0.25, 0.3) is 0 Å². The summed E-state index contributed by atoms with van der Waals surface area (Å²) in [5.41, 5.74) is 2.80. The lowest BCUT2D eigenvalue weighted by molar-refractivity contribution is 0.719. The molecule has 0 bridgehead atoms. The first kappa shape index (κ1) is 12.4. The molecule has 2 aromatic rings. The minimum absolute atomic E-state index is 0.666. The zero-order valence-electron chi connectivity index (χ0n) is 10.7. The van der Waals surface area contributed by atoms with E-state index in [-0.39, 0.29) is 0 Å². The number of benzene rings is 1. The van der Waals surface area contributed by atoms with Crippen LogP contribution in [0.3, 0.4) is 0 Å². The van der Waals surface area contributed by atoms with Crippen molar-refractivity contribution in [1.82, 2.24) is 9.97 Å². The molecular weight excluding hydrogens is 304 g/mol. The molecule has 1 aromatic heterocycles. The van der Waals surface area contributed by atoms with Crippen molar-refractivity contribution in [1.29, 1.82) is 0 Å². The molecule has 1 aliphatic rings. The fourth-order valence-corrected chi connectivity index (χ4v) is 2.77.